The minimum Gasteiger partial charge on any atom is -0.508 e. The lowest BCUT2D eigenvalue weighted by Crippen LogP contribution is -2.62. The molecule has 0 spiro atoms. The van der Waals surface area contributed by atoms with E-state index < -0.39 is 0 Å². The third kappa shape index (κ3) is 2.99. The molecule has 1 aliphatic carbocycles. The first-order valence-electron chi connectivity index (χ1n) is 7.87. The molecular weight excluding hydrogens is 248 g/mol. The third-order valence-electron chi connectivity index (χ3n) is 5.03. The van der Waals surface area contributed by atoms with Gasteiger partial charge in [0.15, 0.2) is 0 Å². The maximum absolute atomic E-state index is 9.41. The van der Waals surface area contributed by atoms with Crippen molar-refractivity contribution in [1.29, 1.82) is 0 Å². The molecule has 1 saturated heterocycles. The molecule has 0 bridgehead atoms. The molecule has 0 radical (unpaired) electrons. The predicted octanol–water partition coefficient (Wildman–Crippen LogP) is 2.74. The van der Waals surface area contributed by atoms with Crippen LogP contribution < -0.4 is 5.32 Å². The molecule has 1 aromatic rings. The summed E-state index contributed by atoms with van der Waals surface area (Å²) in [6.07, 6.45) is 3.94. The van der Waals surface area contributed by atoms with Crippen LogP contribution in [0.3, 0.4) is 0 Å². The van der Waals surface area contributed by atoms with E-state index in [9.17, 15) is 5.11 Å². The normalized spacial score (nSPS) is 31.4. The van der Waals surface area contributed by atoms with E-state index in [0.29, 0.717) is 11.8 Å². The first kappa shape index (κ1) is 13.9. The zero-order valence-electron chi connectivity index (χ0n) is 12.6. The van der Waals surface area contributed by atoms with Gasteiger partial charge < -0.3 is 10.4 Å². The number of nitrogens with one attached hydrogen (secondary N) is 1. The molecule has 1 saturated carbocycles. The maximum atomic E-state index is 9.41. The third-order valence-corrected chi connectivity index (χ3v) is 5.03. The molecule has 110 valence electrons. The zero-order valence-corrected chi connectivity index (χ0v) is 12.6. The molecule has 3 nitrogen and oxygen atoms in total. The van der Waals surface area contributed by atoms with Crippen LogP contribution in [0.15, 0.2) is 24.3 Å². The topological polar surface area (TPSA) is 35.5 Å². The molecule has 3 heteroatoms. The van der Waals surface area contributed by atoms with E-state index in [4.69, 9.17) is 0 Å². The van der Waals surface area contributed by atoms with Crippen molar-refractivity contribution in [3.63, 3.8) is 0 Å². The molecule has 1 aromatic carbocycles. The molecule has 20 heavy (non-hydrogen) atoms. The number of rotatable bonds is 4. The van der Waals surface area contributed by atoms with E-state index in [1.54, 1.807) is 12.1 Å². The summed E-state index contributed by atoms with van der Waals surface area (Å²) in [4.78, 5) is 2.66. The van der Waals surface area contributed by atoms with Gasteiger partial charge in [0.1, 0.15) is 5.75 Å². The smallest absolute Gasteiger partial charge is 0.115 e. The van der Waals surface area contributed by atoms with Gasteiger partial charge in [-0.1, -0.05) is 19.1 Å². The van der Waals surface area contributed by atoms with Crippen molar-refractivity contribution < 1.29 is 5.11 Å². The Labute approximate surface area is 122 Å². The van der Waals surface area contributed by atoms with Crippen LogP contribution in [0.5, 0.6) is 5.75 Å². The molecule has 0 amide bonds. The minimum atomic E-state index is 0.238. The van der Waals surface area contributed by atoms with Crippen LogP contribution in [0.1, 0.15) is 38.7 Å². The number of aromatic hydroxyl groups is 1. The van der Waals surface area contributed by atoms with Crippen molar-refractivity contribution in [1.82, 2.24) is 10.2 Å². The van der Waals surface area contributed by atoms with Gasteiger partial charge in [-0.05, 0) is 49.8 Å². The Bertz CT molecular complexity index is 455. The number of hydrogen-bond acceptors (Lipinski definition) is 3. The highest BCUT2D eigenvalue weighted by Gasteiger charge is 2.41. The fourth-order valence-corrected chi connectivity index (χ4v) is 3.29. The number of phenols is 1. The van der Waals surface area contributed by atoms with Crippen molar-refractivity contribution in [3.8, 4) is 5.75 Å². The van der Waals surface area contributed by atoms with Crippen LogP contribution in [0.4, 0.5) is 0 Å². The SMILES string of the molecule is CCC1(C)CN(Cc2ccc(O)cc2)C(C2CC2)CN1. The molecule has 2 fully saturated rings. The fraction of sp³-hybridized carbons (Fsp3) is 0.647. The first-order chi connectivity index (χ1) is 9.59. The molecule has 2 atom stereocenters. The van der Waals surface area contributed by atoms with Crippen molar-refractivity contribution in [3.05, 3.63) is 29.8 Å². The maximum Gasteiger partial charge on any atom is 0.115 e. The number of piperazine rings is 1. The van der Waals surface area contributed by atoms with E-state index >= 15 is 0 Å². The Balaban J connectivity index is 1.73. The van der Waals surface area contributed by atoms with Gasteiger partial charge in [0.05, 0.1) is 0 Å². The Kier molecular flexibility index (Phi) is 3.74. The molecule has 2 N–H and O–H groups in total. The van der Waals surface area contributed by atoms with Crippen LogP contribution in [0.25, 0.3) is 0 Å². The number of phenolic OH excluding ortho intramolecular Hbond substituents is 1. The molecule has 2 aliphatic rings. The summed E-state index contributed by atoms with van der Waals surface area (Å²) in [5.41, 5.74) is 1.54. The van der Waals surface area contributed by atoms with Gasteiger partial charge in [-0.2, -0.15) is 0 Å². The highest BCUT2D eigenvalue weighted by Crippen LogP contribution is 2.38. The van der Waals surface area contributed by atoms with E-state index in [1.807, 2.05) is 12.1 Å². The second-order valence-corrected chi connectivity index (χ2v) is 6.77. The van der Waals surface area contributed by atoms with E-state index in [2.05, 4.69) is 24.1 Å². The Morgan fingerprint density at radius 3 is 2.60 bits per heavy atom. The van der Waals surface area contributed by atoms with Crippen LogP contribution in [0, 0.1) is 5.92 Å². The molecule has 0 aromatic heterocycles. The van der Waals surface area contributed by atoms with Gasteiger partial charge in [0.2, 0.25) is 0 Å². The second-order valence-electron chi connectivity index (χ2n) is 6.77. The lowest BCUT2D eigenvalue weighted by Gasteiger charge is -2.46. The Morgan fingerprint density at radius 2 is 2.00 bits per heavy atom. The van der Waals surface area contributed by atoms with Gasteiger partial charge in [-0.15, -0.1) is 0 Å². The van der Waals surface area contributed by atoms with Crippen LogP contribution >= 0.6 is 0 Å². The first-order valence-corrected chi connectivity index (χ1v) is 7.87. The molecule has 2 unspecified atom stereocenters. The summed E-state index contributed by atoms with van der Waals surface area (Å²) in [5.74, 6) is 1.24. The van der Waals surface area contributed by atoms with E-state index in [-0.39, 0.29) is 5.54 Å². The standard InChI is InChI=1S/C17H26N2O/c1-3-17(2)12-19(16(10-18-17)14-6-7-14)11-13-4-8-15(20)9-5-13/h4-5,8-9,14,16,18,20H,3,6-7,10-12H2,1-2H3. The largest absolute Gasteiger partial charge is 0.508 e. The quantitative estimate of drug-likeness (QED) is 0.886. The minimum absolute atomic E-state index is 0.238. The average Bonchev–Trinajstić information content (AvgIpc) is 3.26. The van der Waals surface area contributed by atoms with Crippen molar-refractivity contribution in [2.45, 2.75) is 51.2 Å². The van der Waals surface area contributed by atoms with Gasteiger partial charge in [-0.25, -0.2) is 0 Å². The lowest BCUT2D eigenvalue weighted by molar-refractivity contribution is 0.0662. The van der Waals surface area contributed by atoms with Crippen LogP contribution in [0.2, 0.25) is 0 Å². The summed E-state index contributed by atoms with van der Waals surface area (Å²) >= 11 is 0. The molecule has 1 heterocycles. The average molecular weight is 274 g/mol. The van der Waals surface area contributed by atoms with Gasteiger partial charge >= 0.3 is 0 Å². The zero-order chi connectivity index (χ0) is 14.2. The van der Waals surface area contributed by atoms with Crippen LogP contribution in [-0.2, 0) is 6.54 Å². The molecular formula is C17H26N2O. The van der Waals surface area contributed by atoms with E-state index in [1.165, 1.54) is 18.4 Å². The molecule has 1 aliphatic heterocycles. The summed E-state index contributed by atoms with van der Waals surface area (Å²) in [6, 6.07) is 8.36. The highest BCUT2D eigenvalue weighted by atomic mass is 16.3. The van der Waals surface area contributed by atoms with Crippen LogP contribution in [-0.4, -0.2) is 34.7 Å². The lowest BCUT2D eigenvalue weighted by atomic mass is 9.91. The van der Waals surface area contributed by atoms with Gasteiger partial charge in [0, 0.05) is 31.2 Å². The van der Waals surface area contributed by atoms with Crippen molar-refractivity contribution >= 4 is 0 Å². The second kappa shape index (κ2) is 5.38. The number of nitrogens with zero attached hydrogens (tertiary/aromatic N) is 1. The Hall–Kier alpha value is -1.06. The van der Waals surface area contributed by atoms with E-state index in [0.717, 1.165) is 32.0 Å². The summed E-state index contributed by atoms with van der Waals surface area (Å²) in [5, 5.41) is 13.2. The summed E-state index contributed by atoms with van der Waals surface area (Å²) in [6.45, 7) is 7.83. The number of benzene rings is 1. The highest BCUT2D eigenvalue weighted by molar-refractivity contribution is 5.26. The number of hydrogen-bond donors (Lipinski definition) is 2. The fourth-order valence-electron chi connectivity index (χ4n) is 3.29. The predicted molar refractivity (Wildman–Crippen MR) is 81.7 cm³/mol. The van der Waals surface area contributed by atoms with Crippen molar-refractivity contribution in [2.24, 2.45) is 5.92 Å². The monoisotopic (exact) mass is 274 g/mol. The van der Waals surface area contributed by atoms with Gasteiger partial charge in [0.25, 0.3) is 0 Å². The van der Waals surface area contributed by atoms with Gasteiger partial charge in [-0.3, -0.25) is 4.90 Å². The summed E-state index contributed by atoms with van der Waals surface area (Å²) in [7, 11) is 0. The molecule has 3 rings (SSSR count). The van der Waals surface area contributed by atoms with Crippen molar-refractivity contribution in [2.75, 3.05) is 13.1 Å². The summed E-state index contributed by atoms with van der Waals surface area (Å²) < 4.78 is 0. The Morgan fingerprint density at radius 1 is 1.30 bits per heavy atom.